The molecule has 0 radical (unpaired) electrons. The number of unbranched alkanes of at least 4 members (excludes halogenated alkanes) is 8. The molecule has 0 aromatic rings. The highest BCUT2D eigenvalue weighted by Crippen LogP contribution is 2.33. The minimum atomic E-state index is -1.99. The van der Waals surface area contributed by atoms with Crippen LogP contribution in [0.25, 0.3) is 0 Å². The standard InChI is InChI=1S/C64H103NO18/c1-3-5-7-9-11-12-13-14-15-16-17-18-19-20-21-22-23-24-25-26-27-28-29-30-31-32-33-34-36-38-40-42-52(70)65-47(48(69)41-39-37-35-10-8-6-4-2)46-78-62-58(76)55(73)60(50(44-67)80-62)83-64-59(77)56(74)61(51(45-68)81-64)82-63-57(75)54(72)53(71)49(43-66)79-63/h5,7,11-12,14-15,17-18,20-21,23-24,26-27,29-30,32-33,39,41,47-51,53-64,66-69,71-77H,3-4,6,8-10,13,16,19,22,25,28,31,34-38,40,42-46H2,1-2H3,(H,65,70)/b7-5-,12-11-,15-14-,18-17-,21-20-,24-23-,27-26-,30-29-,33-32-,41-39+. The van der Waals surface area contributed by atoms with Gasteiger partial charge < -0.3 is 89.9 Å². The first-order chi connectivity index (χ1) is 40.3. The van der Waals surface area contributed by atoms with Crippen molar-refractivity contribution in [1.82, 2.24) is 5.32 Å². The number of ether oxygens (including phenoxy) is 6. The summed E-state index contributed by atoms with van der Waals surface area (Å²) in [6.45, 7) is 1.46. The molecule has 19 heteroatoms. The summed E-state index contributed by atoms with van der Waals surface area (Å²) in [5, 5.41) is 120. The summed E-state index contributed by atoms with van der Waals surface area (Å²) in [6.07, 6.45) is 33.7. The Hall–Kier alpha value is -3.81. The van der Waals surface area contributed by atoms with Crippen molar-refractivity contribution < 1.29 is 89.4 Å². The number of rotatable bonds is 42. The lowest BCUT2D eigenvalue weighted by Crippen LogP contribution is -2.66. The maximum absolute atomic E-state index is 13.2. The van der Waals surface area contributed by atoms with Gasteiger partial charge in [0.05, 0.1) is 38.6 Å². The number of aliphatic hydroxyl groups is 11. The van der Waals surface area contributed by atoms with Crippen molar-refractivity contribution >= 4 is 5.91 Å². The molecule has 0 saturated carbocycles. The smallest absolute Gasteiger partial charge is 0.220 e. The maximum atomic E-state index is 13.2. The second-order valence-electron chi connectivity index (χ2n) is 21.1. The summed E-state index contributed by atoms with van der Waals surface area (Å²) in [6, 6.07) is -0.997. The minimum Gasteiger partial charge on any atom is -0.394 e. The normalized spacial score (nSPS) is 30.3. The fraction of sp³-hybridized carbons (Fsp3) is 0.672. The average Bonchev–Trinajstić information content (AvgIpc) is 3.69. The molecule has 17 unspecified atom stereocenters. The van der Waals surface area contributed by atoms with E-state index >= 15 is 0 Å². The molecule has 19 nitrogen and oxygen atoms in total. The molecular weight excluding hydrogens is 1070 g/mol. The van der Waals surface area contributed by atoms with Gasteiger partial charge in [-0.25, -0.2) is 0 Å². The monoisotopic (exact) mass is 1170 g/mol. The number of hydrogen-bond donors (Lipinski definition) is 12. The van der Waals surface area contributed by atoms with Crippen LogP contribution in [-0.2, 0) is 33.2 Å². The molecule has 3 aliphatic heterocycles. The van der Waals surface area contributed by atoms with E-state index in [2.05, 4.69) is 129 Å². The van der Waals surface area contributed by atoms with Crippen LogP contribution >= 0.6 is 0 Å². The van der Waals surface area contributed by atoms with Gasteiger partial charge in [0.25, 0.3) is 0 Å². The molecule has 0 aromatic carbocycles. The van der Waals surface area contributed by atoms with E-state index in [1.807, 2.05) is 6.08 Å². The topological polar surface area (TPSA) is 307 Å². The van der Waals surface area contributed by atoms with Gasteiger partial charge in [-0.05, 0) is 89.9 Å². The lowest BCUT2D eigenvalue weighted by molar-refractivity contribution is -0.379. The van der Waals surface area contributed by atoms with Crippen LogP contribution in [0, 0.1) is 0 Å². The van der Waals surface area contributed by atoms with Gasteiger partial charge in [0, 0.05) is 6.42 Å². The van der Waals surface area contributed by atoms with E-state index < -0.39 is 124 Å². The average molecular weight is 1170 g/mol. The Bertz CT molecular complexity index is 1980. The van der Waals surface area contributed by atoms with Crippen LogP contribution in [0.4, 0.5) is 0 Å². The van der Waals surface area contributed by atoms with Crippen LogP contribution in [0.3, 0.4) is 0 Å². The first-order valence-electron chi connectivity index (χ1n) is 30.3. The predicted octanol–water partition coefficient (Wildman–Crippen LogP) is 5.70. The lowest BCUT2D eigenvalue weighted by atomic mass is 9.96. The molecule has 3 fully saturated rings. The third kappa shape index (κ3) is 29.0. The molecule has 17 atom stereocenters. The summed E-state index contributed by atoms with van der Waals surface area (Å²) < 4.78 is 34.1. The summed E-state index contributed by atoms with van der Waals surface area (Å²) in [5.74, 6) is -0.320. The second kappa shape index (κ2) is 45.5. The van der Waals surface area contributed by atoms with Crippen molar-refractivity contribution in [1.29, 1.82) is 0 Å². The number of aliphatic hydroxyl groups excluding tert-OH is 11. The molecule has 3 rings (SSSR count). The maximum Gasteiger partial charge on any atom is 0.220 e. The number of carbonyl (C=O) groups is 1. The SMILES string of the molecule is CC/C=C\C/C=C\C/C=C\C/C=C\C/C=C\C/C=C\C/C=C\C/C=C\C/C=C\CCCCCC(=O)NC(COC1OC(CO)C(OC2OC(CO)C(OC3OC(CO)C(O)C(O)C3O)C(O)C2O)C(O)C1O)C(O)/C=C/CCCCCCC. The molecular formula is C64H103NO18. The molecule has 0 spiro atoms. The van der Waals surface area contributed by atoms with Gasteiger partial charge in [-0.15, -0.1) is 0 Å². The summed E-state index contributed by atoms with van der Waals surface area (Å²) >= 11 is 0. The van der Waals surface area contributed by atoms with Crippen LogP contribution in [0.1, 0.15) is 142 Å². The molecule has 83 heavy (non-hydrogen) atoms. The largest absolute Gasteiger partial charge is 0.394 e. The molecule has 0 bridgehead atoms. The van der Waals surface area contributed by atoms with Gasteiger partial charge in [-0.1, -0.05) is 167 Å². The fourth-order valence-electron chi connectivity index (χ4n) is 9.30. The van der Waals surface area contributed by atoms with E-state index in [0.29, 0.717) is 12.8 Å². The molecule has 0 aliphatic carbocycles. The van der Waals surface area contributed by atoms with E-state index in [9.17, 15) is 61.0 Å². The van der Waals surface area contributed by atoms with Crippen molar-refractivity contribution in [2.45, 2.75) is 247 Å². The molecule has 0 aromatic heterocycles. The Labute approximate surface area is 493 Å². The molecule has 472 valence electrons. The predicted molar refractivity (Wildman–Crippen MR) is 318 cm³/mol. The van der Waals surface area contributed by atoms with Crippen LogP contribution in [-0.4, -0.2) is 193 Å². The van der Waals surface area contributed by atoms with Crippen molar-refractivity contribution in [3.05, 3.63) is 122 Å². The van der Waals surface area contributed by atoms with E-state index in [0.717, 1.165) is 109 Å². The van der Waals surface area contributed by atoms with Gasteiger partial charge in [-0.3, -0.25) is 4.79 Å². The lowest BCUT2D eigenvalue weighted by Gasteiger charge is -2.48. The van der Waals surface area contributed by atoms with Crippen molar-refractivity contribution in [3.63, 3.8) is 0 Å². The Kier molecular flexibility index (Phi) is 40.3. The fourth-order valence-corrected chi connectivity index (χ4v) is 9.30. The highest BCUT2D eigenvalue weighted by atomic mass is 16.8. The quantitative estimate of drug-likeness (QED) is 0.0258. The minimum absolute atomic E-state index is 0.193. The number of nitrogens with one attached hydrogen (secondary N) is 1. The zero-order valence-corrected chi connectivity index (χ0v) is 49.1. The summed E-state index contributed by atoms with van der Waals surface area (Å²) in [4.78, 5) is 13.2. The van der Waals surface area contributed by atoms with Crippen molar-refractivity contribution in [3.8, 4) is 0 Å². The van der Waals surface area contributed by atoms with E-state index in [1.165, 1.54) is 0 Å². The zero-order chi connectivity index (χ0) is 60.5. The molecule has 12 N–H and O–H groups in total. The first-order valence-corrected chi connectivity index (χ1v) is 30.3. The van der Waals surface area contributed by atoms with Crippen LogP contribution in [0.5, 0.6) is 0 Å². The van der Waals surface area contributed by atoms with Gasteiger partial charge in [0.2, 0.25) is 5.91 Å². The van der Waals surface area contributed by atoms with Crippen LogP contribution < -0.4 is 5.32 Å². The van der Waals surface area contributed by atoms with Gasteiger partial charge in [0.1, 0.15) is 73.2 Å². The Morgan fingerprint density at radius 3 is 1.29 bits per heavy atom. The van der Waals surface area contributed by atoms with Gasteiger partial charge in [0.15, 0.2) is 18.9 Å². The Morgan fingerprint density at radius 2 is 0.831 bits per heavy atom. The number of carbonyl (C=O) groups excluding carboxylic acids is 1. The van der Waals surface area contributed by atoms with Crippen molar-refractivity contribution in [2.24, 2.45) is 0 Å². The van der Waals surface area contributed by atoms with E-state index in [4.69, 9.17) is 28.4 Å². The van der Waals surface area contributed by atoms with Crippen molar-refractivity contribution in [2.75, 3.05) is 26.4 Å². The second-order valence-corrected chi connectivity index (χ2v) is 21.1. The van der Waals surface area contributed by atoms with Crippen LogP contribution in [0.2, 0.25) is 0 Å². The van der Waals surface area contributed by atoms with E-state index in [1.54, 1.807) is 6.08 Å². The van der Waals surface area contributed by atoms with E-state index in [-0.39, 0.29) is 18.9 Å². The Morgan fingerprint density at radius 1 is 0.446 bits per heavy atom. The summed E-state index contributed by atoms with van der Waals surface area (Å²) in [7, 11) is 0. The van der Waals surface area contributed by atoms with Gasteiger partial charge in [-0.2, -0.15) is 0 Å². The van der Waals surface area contributed by atoms with Crippen LogP contribution in [0.15, 0.2) is 122 Å². The molecule has 3 heterocycles. The molecule has 3 saturated heterocycles. The third-order valence-corrected chi connectivity index (χ3v) is 14.3. The first kappa shape index (κ1) is 73.4. The highest BCUT2D eigenvalue weighted by Gasteiger charge is 2.53. The third-order valence-electron chi connectivity index (χ3n) is 14.3. The molecule has 1 amide bonds. The highest BCUT2D eigenvalue weighted by molar-refractivity contribution is 5.76. The number of hydrogen-bond acceptors (Lipinski definition) is 18. The number of allylic oxidation sites excluding steroid dienone is 19. The Balaban J connectivity index is 1.40. The van der Waals surface area contributed by atoms with Gasteiger partial charge >= 0.3 is 0 Å². The number of amides is 1. The summed E-state index contributed by atoms with van der Waals surface area (Å²) in [5.41, 5.74) is 0. The molecule has 3 aliphatic rings. The zero-order valence-electron chi connectivity index (χ0n) is 49.1.